The highest BCUT2D eigenvalue weighted by Crippen LogP contribution is 2.08. The first kappa shape index (κ1) is 12.4. The van der Waals surface area contributed by atoms with E-state index in [4.69, 9.17) is 16.3 Å². The van der Waals surface area contributed by atoms with E-state index in [1.807, 2.05) is 14.1 Å². The van der Waals surface area contributed by atoms with E-state index >= 15 is 0 Å². The van der Waals surface area contributed by atoms with E-state index in [1.165, 1.54) is 0 Å². The minimum Gasteiger partial charge on any atom is -0.378 e. The Morgan fingerprint density at radius 3 is 2.73 bits per heavy atom. The van der Waals surface area contributed by atoms with Gasteiger partial charge in [0.25, 0.3) is 0 Å². The van der Waals surface area contributed by atoms with Crippen molar-refractivity contribution in [2.75, 3.05) is 27.7 Å². The van der Waals surface area contributed by atoms with Crippen molar-refractivity contribution in [3.63, 3.8) is 0 Å². The Labute approximate surface area is 95.2 Å². The van der Waals surface area contributed by atoms with Gasteiger partial charge in [0.2, 0.25) is 0 Å². The van der Waals surface area contributed by atoms with Crippen molar-refractivity contribution < 1.29 is 4.74 Å². The molecule has 0 fully saturated rings. The molecular formula is C10H16ClN3O. The lowest BCUT2D eigenvalue weighted by Crippen LogP contribution is -2.16. The Hall–Kier alpha value is -0.710. The lowest BCUT2D eigenvalue weighted by atomic mass is 10.3. The third-order valence-electron chi connectivity index (χ3n) is 1.87. The highest BCUT2D eigenvalue weighted by molar-refractivity contribution is 6.29. The van der Waals surface area contributed by atoms with E-state index in [2.05, 4.69) is 14.9 Å². The summed E-state index contributed by atoms with van der Waals surface area (Å²) in [5.74, 6) is 0.767. The Morgan fingerprint density at radius 1 is 1.40 bits per heavy atom. The zero-order valence-electron chi connectivity index (χ0n) is 9.33. The van der Waals surface area contributed by atoms with E-state index in [1.54, 1.807) is 13.2 Å². The number of aromatic nitrogens is 2. The summed E-state index contributed by atoms with van der Waals surface area (Å²) in [6.45, 7) is 1.38. The van der Waals surface area contributed by atoms with E-state index in [0.29, 0.717) is 11.8 Å². The van der Waals surface area contributed by atoms with Gasteiger partial charge < -0.3 is 9.64 Å². The maximum Gasteiger partial charge on any atom is 0.133 e. The van der Waals surface area contributed by atoms with Crippen LogP contribution in [-0.4, -0.2) is 42.6 Å². The molecule has 0 aromatic carbocycles. The number of nitrogens with zero attached hydrogens (tertiary/aromatic N) is 3. The lowest BCUT2D eigenvalue weighted by Gasteiger charge is -2.09. The summed E-state index contributed by atoms with van der Waals surface area (Å²) in [6, 6.07) is 1.73. The van der Waals surface area contributed by atoms with E-state index in [0.717, 1.165) is 24.5 Å². The fourth-order valence-corrected chi connectivity index (χ4v) is 1.40. The Balaban J connectivity index is 2.70. The van der Waals surface area contributed by atoms with Crippen LogP contribution < -0.4 is 0 Å². The molecule has 0 spiro atoms. The average Bonchev–Trinajstić information content (AvgIpc) is 2.14. The Bertz CT molecular complexity index is 318. The van der Waals surface area contributed by atoms with E-state index < -0.39 is 0 Å². The minimum absolute atomic E-state index is 0.469. The Kier molecular flexibility index (Phi) is 4.94. The van der Waals surface area contributed by atoms with Gasteiger partial charge in [0, 0.05) is 20.1 Å². The number of rotatable bonds is 5. The maximum atomic E-state index is 5.88. The molecule has 0 atom stereocenters. The fraction of sp³-hybridized carbons (Fsp3) is 0.600. The molecule has 0 aliphatic heterocycles. The maximum absolute atomic E-state index is 5.88. The zero-order valence-corrected chi connectivity index (χ0v) is 10.1. The molecule has 1 aromatic heterocycles. The molecule has 84 valence electrons. The second-order valence-corrected chi connectivity index (χ2v) is 3.97. The van der Waals surface area contributed by atoms with Gasteiger partial charge in [0.1, 0.15) is 11.0 Å². The molecule has 0 radical (unpaired) electrons. The Morgan fingerprint density at radius 2 is 2.13 bits per heavy atom. The van der Waals surface area contributed by atoms with Crippen molar-refractivity contribution >= 4 is 11.6 Å². The zero-order chi connectivity index (χ0) is 11.3. The molecule has 1 heterocycles. The van der Waals surface area contributed by atoms with Gasteiger partial charge in [-0.25, -0.2) is 9.97 Å². The van der Waals surface area contributed by atoms with Crippen LogP contribution in [-0.2, 0) is 17.8 Å². The van der Waals surface area contributed by atoms with Crippen LogP contribution in [0.2, 0.25) is 5.15 Å². The third kappa shape index (κ3) is 4.55. The number of ether oxygens (including phenoxy) is 1. The number of halogens is 1. The summed E-state index contributed by atoms with van der Waals surface area (Å²) in [5.41, 5.74) is 0.825. The van der Waals surface area contributed by atoms with Crippen molar-refractivity contribution in [1.82, 2.24) is 14.9 Å². The molecule has 5 heteroatoms. The first-order chi connectivity index (χ1) is 7.11. The van der Waals surface area contributed by atoms with Crippen molar-refractivity contribution in [2.45, 2.75) is 13.0 Å². The lowest BCUT2D eigenvalue weighted by molar-refractivity contribution is 0.181. The van der Waals surface area contributed by atoms with Crippen molar-refractivity contribution in [1.29, 1.82) is 0 Å². The van der Waals surface area contributed by atoms with Crippen LogP contribution in [0.15, 0.2) is 6.07 Å². The molecule has 0 amide bonds. The predicted molar refractivity (Wildman–Crippen MR) is 60.0 cm³/mol. The van der Waals surface area contributed by atoms with Crippen LogP contribution in [0.25, 0.3) is 0 Å². The van der Waals surface area contributed by atoms with Gasteiger partial charge in [0.15, 0.2) is 0 Å². The second kappa shape index (κ2) is 6.00. The van der Waals surface area contributed by atoms with Gasteiger partial charge in [-0.05, 0) is 20.2 Å². The summed E-state index contributed by atoms with van der Waals surface area (Å²) in [5, 5.41) is 0.478. The first-order valence-electron chi connectivity index (χ1n) is 4.78. The van der Waals surface area contributed by atoms with Crippen LogP contribution in [0.4, 0.5) is 0 Å². The second-order valence-electron chi connectivity index (χ2n) is 3.58. The molecule has 0 N–H and O–H groups in total. The molecule has 0 bridgehead atoms. The quantitative estimate of drug-likeness (QED) is 0.715. The van der Waals surface area contributed by atoms with Crippen LogP contribution in [0.3, 0.4) is 0 Å². The van der Waals surface area contributed by atoms with Gasteiger partial charge in [-0.15, -0.1) is 0 Å². The molecule has 15 heavy (non-hydrogen) atoms. The van der Waals surface area contributed by atoms with Crippen molar-refractivity contribution in [3.8, 4) is 0 Å². The largest absolute Gasteiger partial charge is 0.378 e. The summed E-state index contributed by atoms with van der Waals surface area (Å²) in [6.07, 6.45) is 0.796. The molecule has 0 aliphatic rings. The standard InChI is InChI=1S/C10H16ClN3O/c1-14(2)5-4-10-12-8(7-15-3)6-9(11)13-10/h6H,4-5,7H2,1-3H3. The normalized spacial score (nSPS) is 11.0. The smallest absolute Gasteiger partial charge is 0.133 e. The minimum atomic E-state index is 0.469. The molecule has 0 aliphatic carbocycles. The van der Waals surface area contributed by atoms with E-state index in [-0.39, 0.29) is 0 Å². The van der Waals surface area contributed by atoms with Gasteiger partial charge in [-0.1, -0.05) is 11.6 Å². The van der Waals surface area contributed by atoms with E-state index in [9.17, 15) is 0 Å². The van der Waals surface area contributed by atoms with Crippen LogP contribution in [0, 0.1) is 0 Å². The number of hydrogen-bond donors (Lipinski definition) is 0. The summed E-state index contributed by atoms with van der Waals surface area (Å²) < 4.78 is 5.00. The van der Waals surface area contributed by atoms with Crippen molar-refractivity contribution in [2.24, 2.45) is 0 Å². The first-order valence-corrected chi connectivity index (χ1v) is 5.15. The van der Waals surface area contributed by atoms with Crippen molar-refractivity contribution in [3.05, 3.63) is 22.7 Å². The molecular weight excluding hydrogens is 214 g/mol. The van der Waals surface area contributed by atoms with Crippen LogP contribution in [0.1, 0.15) is 11.5 Å². The fourth-order valence-electron chi connectivity index (χ4n) is 1.17. The van der Waals surface area contributed by atoms with Gasteiger partial charge in [0.05, 0.1) is 12.3 Å². The van der Waals surface area contributed by atoms with Crippen LogP contribution >= 0.6 is 11.6 Å². The summed E-state index contributed by atoms with van der Waals surface area (Å²) in [4.78, 5) is 10.6. The molecule has 1 aromatic rings. The monoisotopic (exact) mass is 229 g/mol. The highest BCUT2D eigenvalue weighted by atomic mass is 35.5. The molecule has 4 nitrogen and oxygen atoms in total. The molecule has 0 saturated carbocycles. The molecule has 0 unspecified atom stereocenters. The number of hydrogen-bond acceptors (Lipinski definition) is 4. The molecule has 0 saturated heterocycles. The predicted octanol–water partition coefficient (Wildman–Crippen LogP) is 1.38. The third-order valence-corrected chi connectivity index (χ3v) is 2.06. The summed E-state index contributed by atoms with van der Waals surface area (Å²) >= 11 is 5.88. The van der Waals surface area contributed by atoms with Gasteiger partial charge in [-0.3, -0.25) is 0 Å². The van der Waals surface area contributed by atoms with Gasteiger partial charge in [-0.2, -0.15) is 0 Å². The number of likely N-dealkylation sites (N-methyl/N-ethyl adjacent to an activating group) is 1. The van der Waals surface area contributed by atoms with Crippen LogP contribution in [0.5, 0.6) is 0 Å². The average molecular weight is 230 g/mol. The number of methoxy groups -OCH3 is 1. The molecule has 1 rings (SSSR count). The SMILES string of the molecule is COCc1cc(Cl)nc(CCN(C)C)n1. The topological polar surface area (TPSA) is 38.2 Å². The van der Waals surface area contributed by atoms with Gasteiger partial charge >= 0.3 is 0 Å². The summed E-state index contributed by atoms with van der Waals surface area (Å²) in [7, 11) is 5.66. The highest BCUT2D eigenvalue weighted by Gasteiger charge is 2.03.